The van der Waals surface area contributed by atoms with E-state index in [4.69, 9.17) is 9.84 Å². The molecule has 1 rings (SSSR count). The van der Waals surface area contributed by atoms with Crippen molar-refractivity contribution in [1.82, 2.24) is 0 Å². The average molecular weight is 248 g/mol. The fraction of sp³-hybridized carbons (Fsp3) is 0.909. The van der Waals surface area contributed by atoms with E-state index in [0.29, 0.717) is 6.42 Å². The van der Waals surface area contributed by atoms with Gasteiger partial charge in [-0.25, -0.2) is 4.79 Å². The van der Waals surface area contributed by atoms with Gasteiger partial charge in [-0.3, -0.25) is 0 Å². The Balaban J connectivity index is 2.97. The summed E-state index contributed by atoms with van der Waals surface area (Å²) in [5, 5.41) is 37.9. The van der Waals surface area contributed by atoms with Gasteiger partial charge in [0.1, 0.15) is 18.3 Å². The fourth-order valence-electron chi connectivity index (χ4n) is 1.93. The predicted molar refractivity (Wildman–Crippen MR) is 58.4 cm³/mol. The summed E-state index contributed by atoms with van der Waals surface area (Å²) >= 11 is 0. The van der Waals surface area contributed by atoms with Crippen molar-refractivity contribution in [3.8, 4) is 0 Å². The molecule has 0 aliphatic carbocycles. The number of rotatable bonds is 3. The summed E-state index contributed by atoms with van der Waals surface area (Å²) in [5.74, 6) is -1.35. The van der Waals surface area contributed by atoms with E-state index in [0.717, 1.165) is 0 Å². The predicted octanol–water partition coefficient (Wildman–Crippen LogP) is -0.643. The molecule has 6 nitrogen and oxygen atoms in total. The van der Waals surface area contributed by atoms with Crippen LogP contribution >= 0.6 is 0 Å². The van der Waals surface area contributed by atoms with E-state index < -0.39 is 41.9 Å². The van der Waals surface area contributed by atoms with Gasteiger partial charge in [-0.05, 0) is 11.8 Å². The maximum Gasteiger partial charge on any atom is 0.335 e. The molecule has 0 bridgehead atoms. The molecule has 1 heterocycles. The van der Waals surface area contributed by atoms with Crippen molar-refractivity contribution < 1.29 is 30.0 Å². The summed E-state index contributed by atoms with van der Waals surface area (Å²) in [6.45, 7) is 5.50. The van der Waals surface area contributed by atoms with E-state index in [1.807, 2.05) is 20.8 Å². The molecule has 0 spiro atoms. The molecule has 0 aromatic heterocycles. The minimum absolute atomic E-state index is 0.492. The van der Waals surface area contributed by atoms with Crippen LogP contribution in [0.5, 0.6) is 0 Å². The number of ether oxygens (including phenoxy) is 1. The molecule has 17 heavy (non-hydrogen) atoms. The van der Waals surface area contributed by atoms with Crippen LogP contribution in [0.4, 0.5) is 0 Å². The Morgan fingerprint density at radius 1 is 1.18 bits per heavy atom. The standard InChI is InChI=1S/C11H20O6/c1-4-11(2,3)9-7(14)5(12)6(13)8(17-9)10(15)16/h5-9,12-14H,4H2,1-3H3,(H,15,16)/t5-,6-,7+,8-,9?/m0/s1. The van der Waals surface area contributed by atoms with Crippen molar-refractivity contribution in [3.63, 3.8) is 0 Å². The summed E-state index contributed by atoms with van der Waals surface area (Å²) in [7, 11) is 0. The smallest absolute Gasteiger partial charge is 0.335 e. The van der Waals surface area contributed by atoms with Gasteiger partial charge in [0.15, 0.2) is 6.10 Å². The molecule has 0 radical (unpaired) electrons. The fourth-order valence-corrected chi connectivity index (χ4v) is 1.93. The van der Waals surface area contributed by atoms with E-state index in [1.165, 1.54) is 0 Å². The van der Waals surface area contributed by atoms with E-state index >= 15 is 0 Å². The normalized spacial score (nSPS) is 39.1. The minimum atomic E-state index is -1.62. The zero-order chi connectivity index (χ0) is 13.4. The van der Waals surface area contributed by atoms with Crippen LogP contribution in [0.15, 0.2) is 0 Å². The second kappa shape index (κ2) is 4.89. The first-order chi connectivity index (χ1) is 7.72. The topological polar surface area (TPSA) is 107 Å². The number of aliphatic hydroxyl groups excluding tert-OH is 3. The average Bonchev–Trinajstić information content (AvgIpc) is 2.25. The Kier molecular flexibility index (Phi) is 4.14. The van der Waals surface area contributed by atoms with Crippen molar-refractivity contribution in [2.24, 2.45) is 5.41 Å². The lowest BCUT2D eigenvalue weighted by molar-refractivity contribution is -0.248. The van der Waals surface area contributed by atoms with Crippen LogP contribution in [0.1, 0.15) is 27.2 Å². The summed E-state index contributed by atoms with van der Waals surface area (Å²) in [5.41, 5.74) is -0.492. The second-order valence-corrected chi connectivity index (χ2v) is 5.13. The highest BCUT2D eigenvalue weighted by Crippen LogP contribution is 2.35. The van der Waals surface area contributed by atoms with Gasteiger partial charge in [0.25, 0.3) is 0 Å². The van der Waals surface area contributed by atoms with E-state index in [1.54, 1.807) is 0 Å². The number of carbonyl (C=O) groups is 1. The molecule has 1 aliphatic heterocycles. The lowest BCUT2D eigenvalue weighted by Gasteiger charge is -2.45. The molecule has 100 valence electrons. The number of carboxylic acids is 1. The van der Waals surface area contributed by atoms with Crippen LogP contribution in [-0.4, -0.2) is 56.9 Å². The van der Waals surface area contributed by atoms with Gasteiger partial charge in [0, 0.05) is 0 Å². The molecule has 1 unspecified atom stereocenters. The molecule has 0 amide bonds. The van der Waals surface area contributed by atoms with Crippen molar-refractivity contribution in [1.29, 1.82) is 0 Å². The quantitative estimate of drug-likeness (QED) is 0.529. The third-order valence-electron chi connectivity index (χ3n) is 3.54. The third-order valence-corrected chi connectivity index (χ3v) is 3.54. The largest absolute Gasteiger partial charge is 0.479 e. The molecule has 4 N–H and O–H groups in total. The van der Waals surface area contributed by atoms with Gasteiger partial charge in [0.05, 0.1) is 6.10 Å². The number of aliphatic carboxylic acids is 1. The second-order valence-electron chi connectivity index (χ2n) is 5.13. The Bertz CT molecular complexity index is 290. The number of hydrogen-bond acceptors (Lipinski definition) is 5. The van der Waals surface area contributed by atoms with Gasteiger partial charge in [-0.2, -0.15) is 0 Å². The molecule has 1 fully saturated rings. The minimum Gasteiger partial charge on any atom is -0.479 e. The summed E-state index contributed by atoms with van der Waals surface area (Å²) in [6, 6.07) is 0. The SMILES string of the molecule is CCC(C)(C)C1O[C@H](C(=O)O)[C@@H](O)[C@H](O)[C@H]1O. The van der Waals surface area contributed by atoms with E-state index in [-0.39, 0.29) is 0 Å². The monoisotopic (exact) mass is 248 g/mol. The Morgan fingerprint density at radius 3 is 2.12 bits per heavy atom. The van der Waals surface area contributed by atoms with E-state index in [2.05, 4.69) is 0 Å². The molecule has 1 aliphatic rings. The lowest BCUT2D eigenvalue weighted by atomic mass is 9.77. The Morgan fingerprint density at radius 2 is 1.71 bits per heavy atom. The first-order valence-electron chi connectivity index (χ1n) is 5.65. The van der Waals surface area contributed by atoms with E-state index in [9.17, 15) is 20.1 Å². The highest BCUT2D eigenvalue weighted by Gasteiger charge is 2.50. The van der Waals surface area contributed by atoms with Crippen LogP contribution in [0.2, 0.25) is 0 Å². The molecule has 6 heteroatoms. The molecule has 1 saturated heterocycles. The van der Waals surface area contributed by atoms with Gasteiger partial charge >= 0.3 is 5.97 Å². The highest BCUT2D eigenvalue weighted by atomic mass is 16.6. The molecule has 0 aromatic rings. The molecule has 0 saturated carbocycles. The molecule has 5 atom stereocenters. The van der Waals surface area contributed by atoms with Crippen LogP contribution in [0.3, 0.4) is 0 Å². The molecular formula is C11H20O6. The summed E-state index contributed by atoms with van der Waals surface area (Å²) < 4.78 is 5.24. The Hall–Kier alpha value is -0.690. The lowest BCUT2D eigenvalue weighted by Crippen LogP contribution is -2.62. The first kappa shape index (κ1) is 14.4. The number of carboxylic acid groups (broad SMARTS) is 1. The maximum absolute atomic E-state index is 10.9. The maximum atomic E-state index is 10.9. The van der Waals surface area contributed by atoms with Gasteiger partial charge in [-0.15, -0.1) is 0 Å². The zero-order valence-electron chi connectivity index (χ0n) is 10.2. The van der Waals surface area contributed by atoms with Gasteiger partial charge in [0.2, 0.25) is 0 Å². The molecule has 0 aromatic carbocycles. The summed E-state index contributed by atoms with van der Waals surface area (Å²) in [6.07, 6.45) is -6.12. The van der Waals surface area contributed by atoms with Crippen LogP contribution in [0, 0.1) is 5.41 Å². The number of hydrogen-bond donors (Lipinski definition) is 4. The van der Waals surface area contributed by atoms with Crippen LogP contribution < -0.4 is 0 Å². The van der Waals surface area contributed by atoms with Crippen molar-refractivity contribution in [2.45, 2.75) is 57.7 Å². The first-order valence-corrected chi connectivity index (χ1v) is 5.65. The zero-order valence-corrected chi connectivity index (χ0v) is 10.2. The van der Waals surface area contributed by atoms with Gasteiger partial charge in [-0.1, -0.05) is 20.8 Å². The number of aliphatic hydroxyl groups is 3. The van der Waals surface area contributed by atoms with Crippen LogP contribution in [0.25, 0.3) is 0 Å². The van der Waals surface area contributed by atoms with Crippen molar-refractivity contribution >= 4 is 5.97 Å². The third kappa shape index (κ3) is 2.60. The highest BCUT2D eigenvalue weighted by molar-refractivity contribution is 5.73. The van der Waals surface area contributed by atoms with Crippen molar-refractivity contribution in [3.05, 3.63) is 0 Å². The van der Waals surface area contributed by atoms with Gasteiger partial charge < -0.3 is 25.2 Å². The summed E-state index contributed by atoms with van der Waals surface area (Å²) in [4.78, 5) is 10.9. The van der Waals surface area contributed by atoms with Crippen LogP contribution in [-0.2, 0) is 9.53 Å². The molecular weight excluding hydrogens is 228 g/mol. The van der Waals surface area contributed by atoms with Crippen molar-refractivity contribution in [2.75, 3.05) is 0 Å². The Labute approximate surface area is 99.8 Å².